The molecule has 3 aliphatic rings. The molecule has 1 aliphatic carbocycles. The quantitative estimate of drug-likeness (QED) is 0.334. The van der Waals surface area contributed by atoms with E-state index in [0.29, 0.717) is 32.4 Å². The Morgan fingerprint density at radius 2 is 1.68 bits per heavy atom. The van der Waals surface area contributed by atoms with Crippen LogP contribution in [0, 0.1) is 17.8 Å². The average molecular weight is 587 g/mol. The third kappa shape index (κ3) is 9.26. The van der Waals surface area contributed by atoms with Crippen LogP contribution in [0.3, 0.4) is 0 Å². The number of esters is 1. The van der Waals surface area contributed by atoms with Crippen LogP contribution in [0.5, 0.6) is 0 Å². The fraction of sp³-hybridized carbons (Fsp3) is 0.821. The molecule has 3 N–H and O–H groups in total. The molecule has 0 bridgehead atoms. The van der Waals surface area contributed by atoms with E-state index in [2.05, 4.69) is 16.0 Å². The van der Waals surface area contributed by atoms with Crippen LogP contribution in [0.2, 0.25) is 0 Å². The Bertz CT molecular complexity index is 974. The van der Waals surface area contributed by atoms with Crippen LogP contribution in [0.15, 0.2) is 0 Å². The lowest BCUT2D eigenvalue weighted by molar-refractivity contribution is -0.146. The van der Waals surface area contributed by atoms with Gasteiger partial charge in [0, 0.05) is 44.3 Å². The molecular weight excluding hydrogens is 542 g/mol. The minimum atomic E-state index is -2.68. The largest absolute Gasteiger partial charge is 0.467 e. The summed E-state index contributed by atoms with van der Waals surface area (Å²) in [6.07, 6.45) is 1.13. The number of amides is 4. The van der Waals surface area contributed by atoms with Crippen molar-refractivity contribution in [2.75, 3.05) is 26.8 Å². The lowest BCUT2D eigenvalue weighted by atomic mass is 9.82. The number of hydrogen-bond acceptors (Lipinski definition) is 7. The molecule has 0 aromatic carbocycles. The van der Waals surface area contributed by atoms with Gasteiger partial charge in [0.05, 0.1) is 13.7 Å². The number of nitrogens with one attached hydrogen (secondary N) is 3. The summed E-state index contributed by atoms with van der Waals surface area (Å²) in [6.45, 7) is 6.29. The van der Waals surface area contributed by atoms with Crippen molar-refractivity contribution in [2.45, 2.75) is 102 Å². The summed E-state index contributed by atoms with van der Waals surface area (Å²) in [7, 11) is 1.19. The molecule has 4 amide bonds. The third-order valence-corrected chi connectivity index (χ3v) is 8.49. The van der Waals surface area contributed by atoms with Crippen LogP contribution in [0.1, 0.15) is 78.6 Å². The van der Waals surface area contributed by atoms with Crippen molar-refractivity contribution in [2.24, 2.45) is 17.8 Å². The second kappa shape index (κ2) is 13.8. The van der Waals surface area contributed by atoms with Crippen LogP contribution in [0.25, 0.3) is 0 Å². The Labute approximate surface area is 239 Å². The zero-order chi connectivity index (χ0) is 30.4. The molecule has 3 atom stereocenters. The summed E-state index contributed by atoms with van der Waals surface area (Å²) < 4.78 is 36.9. The van der Waals surface area contributed by atoms with Gasteiger partial charge < -0.3 is 30.3 Å². The van der Waals surface area contributed by atoms with Gasteiger partial charge in [0.15, 0.2) is 0 Å². The number of methoxy groups -OCH3 is 1. The molecule has 0 aromatic heterocycles. The van der Waals surface area contributed by atoms with Crippen LogP contribution < -0.4 is 16.0 Å². The highest BCUT2D eigenvalue weighted by atomic mass is 19.3. The van der Waals surface area contributed by atoms with E-state index in [0.717, 1.165) is 0 Å². The Morgan fingerprint density at radius 3 is 2.24 bits per heavy atom. The van der Waals surface area contributed by atoms with E-state index >= 15 is 0 Å². The molecule has 1 spiro atoms. The minimum Gasteiger partial charge on any atom is -0.467 e. The number of carbonyl (C=O) groups excluding carboxylic acids is 5. The molecule has 2 aliphatic heterocycles. The summed E-state index contributed by atoms with van der Waals surface area (Å²) in [5, 5.41) is 8.26. The van der Waals surface area contributed by atoms with E-state index in [4.69, 9.17) is 9.47 Å². The first-order chi connectivity index (χ1) is 19.2. The Kier molecular flexibility index (Phi) is 10.9. The highest BCUT2D eigenvalue weighted by Crippen LogP contribution is 2.37. The monoisotopic (exact) mass is 586 g/mol. The number of halogens is 2. The van der Waals surface area contributed by atoms with Gasteiger partial charge >= 0.3 is 12.1 Å². The molecule has 0 radical (unpaired) electrons. The second-order valence-corrected chi connectivity index (χ2v) is 12.2. The van der Waals surface area contributed by atoms with Crippen molar-refractivity contribution in [3.63, 3.8) is 0 Å². The van der Waals surface area contributed by atoms with Crippen LogP contribution in [-0.2, 0) is 28.7 Å². The minimum absolute atomic E-state index is 0.00420. The molecule has 2 saturated heterocycles. The fourth-order valence-electron chi connectivity index (χ4n) is 6.01. The van der Waals surface area contributed by atoms with E-state index < -0.39 is 47.4 Å². The Balaban J connectivity index is 1.58. The number of ether oxygens (including phenoxy) is 2. The van der Waals surface area contributed by atoms with Gasteiger partial charge in [-0.1, -0.05) is 13.8 Å². The highest BCUT2D eigenvalue weighted by molar-refractivity contribution is 5.90. The number of alkyl carbamates (subject to hydrolysis) is 1. The highest BCUT2D eigenvalue weighted by Gasteiger charge is 2.47. The van der Waals surface area contributed by atoms with Gasteiger partial charge in [-0.05, 0) is 56.8 Å². The standard InChI is InChI=1S/C28H44F2N4O7/c1-17(2)13-21(32-26(39)41-16-19-5-7-28(29,30)8-6-19)24(37)31-22(25(38)40-4)14-20-15-27(33-23(20)36)9-11-34(12-10-27)18(3)35/h17,19-22H,5-16H2,1-4H3,(H,31,37)(H,32,39)(H,33,36)/t20?,21-,22?/m0/s1. The van der Waals surface area contributed by atoms with Gasteiger partial charge in [0.2, 0.25) is 23.6 Å². The fourth-order valence-corrected chi connectivity index (χ4v) is 6.01. The lowest BCUT2D eigenvalue weighted by Crippen LogP contribution is -2.53. The molecule has 11 nitrogen and oxygen atoms in total. The SMILES string of the molecule is COC(=O)C(CC1CC2(CCN(C(C)=O)CC2)NC1=O)NC(=O)[C@H](CC(C)C)NC(=O)OCC1CCC(F)(F)CC1. The Hall–Kier alpha value is -2.99. The maximum Gasteiger partial charge on any atom is 0.407 e. The van der Waals surface area contributed by atoms with Gasteiger partial charge in [-0.15, -0.1) is 0 Å². The third-order valence-electron chi connectivity index (χ3n) is 8.49. The first-order valence-corrected chi connectivity index (χ1v) is 14.5. The molecule has 13 heteroatoms. The molecule has 1 saturated carbocycles. The van der Waals surface area contributed by atoms with Crippen molar-refractivity contribution in [1.29, 1.82) is 0 Å². The molecule has 3 rings (SSSR count). The Morgan fingerprint density at radius 1 is 1.05 bits per heavy atom. The smallest absolute Gasteiger partial charge is 0.407 e. The van der Waals surface area contributed by atoms with Crippen LogP contribution >= 0.6 is 0 Å². The number of carbonyl (C=O) groups is 5. The van der Waals surface area contributed by atoms with E-state index in [-0.39, 0.29) is 68.8 Å². The van der Waals surface area contributed by atoms with Crippen molar-refractivity contribution >= 4 is 29.8 Å². The molecular formula is C28H44F2N4O7. The molecule has 2 heterocycles. The second-order valence-electron chi connectivity index (χ2n) is 12.2. The van der Waals surface area contributed by atoms with Gasteiger partial charge in [0.25, 0.3) is 0 Å². The predicted molar refractivity (Wildman–Crippen MR) is 144 cm³/mol. The molecule has 232 valence electrons. The van der Waals surface area contributed by atoms with Crippen molar-refractivity contribution in [3.05, 3.63) is 0 Å². The zero-order valence-corrected chi connectivity index (χ0v) is 24.4. The number of piperidine rings is 1. The van der Waals surface area contributed by atoms with E-state index in [1.807, 2.05) is 13.8 Å². The summed E-state index contributed by atoms with van der Waals surface area (Å²) in [5.74, 6) is -4.95. The number of alkyl halides is 2. The first kappa shape index (κ1) is 32.5. The molecule has 3 fully saturated rings. The maximum absolute atomic E-state index is 13.4. The number of nitrogens with zero attached hydrogens (tertiary/aromatic N) is 1. The summed E-state index contributed by atoms with van der Waals surface area (Å²) in [5.41, 5.74) is -0.460. The number of rotatable bonds is 10. The van der Waals surface area contributed by atoms with Crippen molar-refractivity contribution in [1.82, 2.24) is 20.9 Å². The van der Waals surface area contributed by atoms with Crippen molar-refractivity contribution < 1.29 is 42.2 Å². The van der Waals surface area contributed by atoms with Gasteiger partial charge in [-0.25, -0.2) is 18.4 Å². The topological polar surface area (TPSA) is 143 Å². The van der Waals surface area contributed by atoms with Gasteiger partial charge in [-0.2, -0.15) is 0 Å². The van der Waals surface area contributed by atoms with Crippen molar-refractivity contribution in [3.8, 4) is 0 Å². The normalized spacial score (nSPS) is 23.4. The van der Waals surface area contributed by atoms with E-state index in [1.165, 1.54) is 14.0 Å². The van der Waals surface area contributed by atoms with E-state index in [1.54, 1.807) is 4.90 Å². The molecule has 0 aromatic rings. The number of likely N-dealkylation sites (tertiary alicyclic amines) is 1. The predicted octanol–water partition coefficient (Wildman–Crippen LogP) is 2.52. The summed E-state index contributed by atoms with van der Waals surface area (Å²) in [6, 6.07) is -2.14. The zero-order valence-electron chi connectivity index (χ0n) is 24.4. The average Bonchev–Trinajstić information content (AvgIpc) is 3.20. The number of hydrogen-bond donors (Lipinski definition) is 3. The van der Waals surface area contributed by atoms with Crippen LogP contribution in [0.4, 0.5) is 13.6 Å². The maximum atomic E-state index is 13.4. The van der Waals surface area contributed by atoms with Gasteiger partial charge in [0.1, 0.15) is 12.1 Å². The van der Waals surface area contributed by atoms with Crippen LogP contribution in [-0.4, -0.2) is 85.0 Å². The molecule has 41 heavy (non-hydrogen) atoms. The van der Waals surface area contributed by atoms with Gasteiger partial charge in [-0.3, -0.25) is 14.4 Å². The molecule has 2 unspecified atom stereocenters. The first-order valence-electron chi connectivity index (χ1n) is 14.5. The van der Waals surface area contributed by atoms with E-state index in [9.17, 15) is 32.8 Å². The summed E-state index contributed by atoms with van der Waals surface area (Å²) >= 11 is 0. The summed E-state index contributed by atoms with van der Waals surface area (Å²) in [4.78, 5) is 64.7. The lowest BCUT2D eigenvalue weighted by Gasteiger charge is -2.39.